The van der Waals surface area contributed by atoms with Gasteiger partial charge in [0.1, 0.15) is 0 Å². The second kappa shape index (κ2) is 7.88. The van der Waals surface area contributed by atoms with E-state index in [-0.39, 0.29) is 0 Å². The Balaban J connectivity index is 1.53. The van der Waals surface area contributed by atoms with Crippen LogP contribution in [0.15, 0.2) is 97.1 Å². The summed E-state index contributed by atoms with van der Waals surface area (Å²) in [6.45, 7) is 6.97. The third-order valence-corrected chi connectivity index (χ3v) is 13.3. The van der Waals surface area contributed by atoms with E-state index < -0.39 is 0 Å². The molecule has 12 aromatic rings. The molecule has 0 aliphatic rings. The van der Waals surface area contributed by atoms with Gasteiger partial charge in [-0.2, -0.15) is 0 Å². The van der Waals surface area contributed by atoms with Crippen LogP contribution in [0.3, 0.4) is 0 Å². The first-order valence-electron chi connectivity index (χ1n) is 16.4. The molecule has 0 N–H and O–H groups in total. The van der Waals surface area contributed by atoms with E-state index in [1.54, 1.807) is 0 Å². The van der Waals surface area contributed by atoms with Gasteiger partial charge in [-0.15, -0.1) is 0 Å². The van der Waals surface area contributed by atoms with Crippen LogP contribution in [0.4, 0.5) is 0 Å². The van der Waals surface area contributed by atoms with E-state index in [2.05, 4.69) is 118 Å². The zero-order valence-corrected chi connectivity index (χ0v) is 31.4. The third kappa shape index (κ3) is 2.58. The van der Waals surface area contributed by atoms with Crippen molar-refractivity contribution in [2.45, 2.75) is 20.8 Å². The van der Waals surface area contributed by atoms with Gasteiger partial charge in [0.2, 0.25) is 0 Å². The monoisotopic (exact) mass is 767 g/mol. The second-order valence-electron chi connectivity index (χ2n) is 14.0. The number of aryl methyl sites for hydroxylation is 3. The van der Waals surface area contributed by atoms with Gasteiger partial charge in [0.25, 0.3) is 0 Å². The molecule has 0 aromatic heterocycles. The fourth-order valence-corrected chi connectivity index (χ4v) is 11.3. The Labute approximate surface area is 280 Å². The summed E-state index contributed by atoms with van der Waals surface area (Å²) in [6, 6.07) is 38.3. The van der Waals surface area contributed by atoms with Gasteiger partial charge in [0, 0.05) is 0 Å². The molecule has 0 nitrogen and oxygen atoms in total. The minimum atomic E-state index is 0.575. The Morgan fingerprint density at radius 1 is 0.304 bits per heavy atom. The van der Waals surface area contributed by atoms with Gasteiger partial charge in [-0.05, 0) is 12.3 Å². The molecule has 12 aromatic carbocycles. The molecule has 0 aliphatic carbocycles. The predicted octanol–water partition coefficient (Wildman–Crippen LogP) is 12.2. The first kappa shape index (κ1) is 24.7. The Morgan fingerprint density at radius 3 is 1.26 bits per heavy atom. The Morgan fingerprint density at radius 2 is 0.717 bits per heavy atom. The molecule has 0 saturated carbocycles. The molecule has 0 spiro atoms. The average molecular weight is 766 g/mol. The molecule has 1 heteroatoms. The summed E-state index contributed by atoms with van der Waals surface area (Å²) < 4.78 is 1.50. The van der Waals surface area contributed by atoms with Crippen molar-refractivity contribution in [3.63, 3.8) is 0 Å². The van der Waals surface area contributed by atoms with Crippen LogP contribution in [-0.2, 0) is 26.1 Å². The SMILES string of the molecule is Cc1ccc2c(c1)c1cc(C)c3c4c(C)cc5c6c[c]([Hg])ccc6c6cccc7c8ccc9c%10cccc2c%10c1c3c9c8c4c5c67. The maximum atomic E-state index is 2.53. The molecular formula is C45H25Hg. The van der Waals surface area contributed by atoms with Gasteiger partial charge in [-0.25, -0.2) is 0 Å². The number of hydrogen-bond donors (Lipinski definition) is 0. The van der Waals surface area contributed by atoms with Gasteiger partial charge in [0.05, 0.1) is 0 Å². The zero-order valence-electron chi connectivity index (χ0n) is 25.9. The van der Waals surface area contributed by atoms with Crippen LogP contribution in [0.5, 0.6) is 0 Å². The molecule has 207 valence electrons. The molecule has 0 fully saturated rings. The molecule has 0 unspecified atom stereocenters. The maximum absolute atomic E-state index is 2.53. The van der Waals surface area contributed by atoms with E-state index in [1.807, 2.05) is 0 Å². The van der Waals surface area contributed by atoms with Crippen LogP contribution in [0.25, 0.3) is 118 Å². The number of hydrogen-bond acceptors (Lipinski definition) is 0. The molecule has 0 saturated heterocycles. The van der Waals surface area contributed by atoms with Crippen molar-refractivity contribution >= 4 is 122 Å². The van der Waals surface area contributed by atoms with Gasteiger partial charge >= 0.3 is 240 Å². The summed E-state index contributed by atoms with van der Waals surface area (Å²) in [5, 5.41) is 31.1. The number of benzene rings is 12. The van der Waals surface area contributed by atoms with E-state index >= 15 is 0 Å². The van der Waals surface area contributed by atoms with E-state index in [1.165, 1.54) is 138 Å². The van der Waals surface area contributed by atoms with Gasteiger partial charge in [-0.1, -0.05) is 29.8 Å². The number of fused-ring (bicyclic) bond motifs is 9. The summed E-state index contributed by atoms with van der Waals surface area (Å²) in [4.78, 5) is 0. The van der Waals surface area contributed by atoms with Crippen LogP contribution in [0.1, 0.15) is 16.7 Å². The first-order chi connectivity index (χ1) is 22.5. The fraction of sp³-hybridized carbons (Fsp3) is 0.0667. The predicted molar refractivity (Wildman–Crippen MR) is 198 cm³/mol. The van der Waals surface area contributed by atoms with Crippen molar-refractivity contribution in [3.8, 4) is 0 Å². The van der Waals surface area contributed by atoms with Gasteiger partial charge in [0.15, 0.2) is 0 Å². The zero-order chi connectivity index (χ0) is 30.3. The molecule has 0 heterocycles. The van der Waals surface area contributed by atoms with Crippen molar-refractivity contribution in [2.24, 2.45) is 0 Å². The Bertz CT molecular complexity index is 3100. The molecular weight excluding hydrogens is 741 g/mol. The molecule has 0 aliphatic heterocycles. The van der Waals surface area contributed by atoms with Crippen LogP contribution in [0, 0.1) is 20.8 Å². The average Bonchev–Trinajstić information content (AvgIpc) is 3.07. The minimum absolute atomic E-state index is 0.575. The van der Waals surface area contributed by atoms with E-state index in [0.717, 1.165) is 0 Å². The fourth-order valence-electron chi connectivity index (χ4n) is 10.0. The molecule has 12 rings (SSSR count). The van der Waals surface area contributed by atoms with Gasteiger partial charge in [-0.3, -0.25) is 0 Å². The summed E-state index contributed by atoms with van der Waals surface area (Å²) in [5.41, 5.74) is 4.08. The molecule has 0 atom stereocenters. The van der Waals surface area contributed by atoms with Crippen molar-refractivity contribution in [1.82, 2.24) is 0 Å². The van der Waals surface area contributed by atoms with Crippen LogP contribution < -0.4 is 3.07 Å². The third-order valence-electron chi connectivity index (χ3n) is 11.6. The summed E-state index contributed by atoms with van der Waals surface area (Å²) in [7, 11) is 0. The van der Waals surface area contributed by atoms with E-state index in [9.17, 15) is 0 Å². The Kier molecular flexibility index (Phi) is 4.23. The molecule has 0 bridgehead atoms. The van der Waals surface area contributed by atoms with Crippen molar-refractivity contribution in [1.29, 1.82) is 0 Å². The quantitative estimate of drug-likeness (QED) is 0.0819. The van der Waals surface area contributed by atoms with Gasteiger partial charge < -0.3 is 0 Å². The second-order valence-corrected chi connectivity index (χ2v) is 17.2. The van der Waals surface area contributed by atoms with Crippen molar-refractivity contribution in [2.75, 3.05) is 0 Å². The topological polar surface area (TPSA) is 0 Å². The van der Waals surface area contributed by atoms with E-state index in [4.69, 9.17) is 0 Å². The Hall–Kier alpha value is -4.52. The van der Waals surface area contributed by atoms with Crippen LogP contribution in [0.2, 0.25) is 0 Å². The summed E-state index contributed by atoms with van der Waals surface area (Å²) in [5.74, 6) is 0. The number of rotatable bonds is 0. The van der Waals surface area contributed by atoms with Crippen molar-refractivity contribution < 1.29 is 26.1 Å². The summed E-state index contributed by atoms with van der Waals surface area (Å²) in [6.07, 6.45) is 0. The standard InChI is InChI=1S/C45H25.Hg/c1-21-14-15-26-28-11-7-13-30-32-17-16-31-29-12-6-10-27-24-8-4-5-9-25(24)34-19-22(2)36-37-23(3)20-35(33(26)18-21)43(39(28)30)45(37)41(32)40(31)44(36)42(34)38(27)29;/h4,6-20H,1-3H3;. The van der Waals surface area contributed by atoms with Crippen LogP contribution in [-0.4, -0.2) is 0 Å². The van der Waals surface area contributed by atoms with Crippen LogP contribution >= 0.6 is 0 Å². The van der Waals surface area contributed by atoms with Crippen molar-refractivity contribution in [3.05, 3.63) is 114 Å². The normalized spacial score (nSPS) is 13.2. The first-order valence-corrected chi connectivity index (χ1v) is 19.1. The molecule has 0 radical (unpaired) electrons. The molecule has 0 amide bonds. The van der Waals surface area contributed by atoms with E-state index in [0.29, 0.717) is 26.1 Å². The summed E-state index contributed by atoms with van der Waals surface area (Å²) >= 11 is 0.575. The molecule has 46 heavy (non-hydrogen) atoms.